The van der Waals surface area contributed by atoms with Crippen molar-refractivity contribution in [3.63, 3.8) is 0 Å². The number of hydrogen-bond donors (Lipinski definition) is 3. The minimum atomic E-state index is -0.734. The number of rotatable bonds is 6. The SMILES string of the molecule is CC(=O)NC(Cc1c[nH]c2ccccc12)C(=O)Nc1cccc(C(C)=O)c1. The van der Waals surface area contributed by atoms with Crippen molar-refractivity contribution in [1.29, 1.82) is 0 Å². The maximum Gasteiger partial charge on any atom is 0.247 e. The molecule has 6 heteroatoms. The van der Waals surface area contributed by atoms with Crippen LogP contribution in [0.4, 0.5) is 5.69 Å². The van der Waals surface area contributed by atoms with Crippen molar-refractivity contribution in [1.82, 2.24) is 10.3 Å². The van der Waals surface area contributed by atoms with Crippen LogP contribution in [0.3, 0.4) is 0 Å². The number of fused-ring (bicyclic) bond motifs is 1. The molecule has 1 aromatic heterocycles. The second kappa shape index (κ2) is 7.86. The Balaban J connectivity index is 1.81. The van der Waals surface area contributed by atoms with Gasteiger partial charge in [0.15, 0.2) is 5.78 Å². The van der Waals surface area contributed by atoms with Crippen LogP contribution in [-0.2, 0) is 16.0 Å². The molecule has 1 heterocycles. The predicted octanol–water partition coefficient (Wildman–Crippen LogP) is 3.06. The third-order valence-electron chi connectivity index (χ3n) is 4.33. The first-order valence-electron chi connectivity index (χ1n) is 8.68. The van der Waals surface area contributed by atoms with Crippen molar-refractivity contribution >= 4 is 34.2 Å². The Morgan fingerprint density at radius 2 is 1.81 bits per heavy atom. The van der Waals surface area contributed by atoms with E-state index in [9.17, 15) is 14.4 Å². The van der Waals surface area contributed by atoms with Crippen LogP contribution >= 0.6 is 0 Å². The van der Waals surface area contributed by atoms with Crippen molar-refractivity contribution in [2.24, 2.45) is 0 Å². The van der Waals surface area contributed by atoms with Gasteiger partial charge >= 0.3 is 0 Å². The van der Waals surface area contributed by atoms with E-state index in [1.807, 2.05) is 30.5 Å². The zero-order valence-electron chi connectivity index (χ0n) is 15.2. The van der Waals surface area contributed by atoms with Gasteiger partial charge in [-0.15, -0.1) is 0 Å². The number of anilines is 1. The first kappa shape index (κ1) is 18.4. The number of amides is 2. The number of carbonyl (C=O) groups excluding carboxylic acids is 3. The summed E-state index contributed by atoms with van der Waals surface area (Å²) in [6.07, 6.45) is 2.20. The molecule has 0 aliphatic heterocycles. The van der Waals surface area contributed by atoms with Gasteiger partial charge in [-0.05, 0) is 30.7 Å². The molecule has 6 nitrogen and oxygen atoms in total. The molecule has 0 saturated carbocycles. The molecule has 1 atom stereocenters. The number of benzene rings is 2. The molecule has 1 unspecified atom stereocenters. The molecule has 0 spiro atoms. The first-order valence-corrected chi connectivity index (χ1v) is 8.68. The van der Waals surface area contributed by atoms with Gasteiger partial charge in [-0.1, -0.05) is 30.3 Å². The van der Waals surface area contributed by atoms with Crippen molar-refractivity contribution in [3.05, 3.63) is 65.9 Å². The number of carbonyl (C=O) groups is 3. The van der Waals surface area contributed by atoms with Crippen LogP contribution < -0.4 is 10.6 Å². The van der Waals surface area contributed by atoms with E-state index in [0.717, 1.165) is 16.5 Å². The Kier molecular flexibility index (Phi) is 5.35. The highest BCUT2D eigenvalue weighted by atomic mass is 16.2. The number of hydrogen-bond acceptors (Lipinski definition) is 3. The van der Waals surface area contributed by atoms with Crippen molar-refractivity contribution < 1.29 is 14.4 Å². The van der Waals surface area contributed by atoms with Crippen LogP contribution in [-0.4, -0.2) is 28.6 Å². The summed E-state index contributed by atoms with van der Waals surface area (Å²) in [4.78, 5) is 39.1. The van der Waals surface area contributed by atoms with Crippen LogP contribution in [0.5, 0.6) is 0 Å². The number of para-hydroxylation sites is 1. The highest BCUT2D eigenvalue weighted by Gasteiger charge is 2.21. The third-order valence-corrected chi connectivity index (χ3v) is 4.33. The Morgan fingerprint density at radius 1 is 1.04 bits per heavy atom. The van der Waals surface area contributed by atoms with E-state index in [-0.39, 0.29) is 17.6 Å². The number of nitrogens with one attached hydrogen (secondary N) is 3. The molecule has 0 bridgehead atoms. The van der Waals surface area contributed by atoms with Gasteiger partial charge in [-0.25, -0.2) is 0 Å². The number of aromatic amines is 1. The second-order valence-electron chi connectivity index (χ2n) is 6.44. The van der Waals surface area contributed by atoms with Gasteiger partial charge in [0.05, 0.1) is 0 Å². The van der Waals surface area contributed by atoms with Gasteiger partial charge in [0.1, 0.15) is 6.04 Å². The van der Waals surface area contributed by atoms with E-state index in [1.54, 1.807) is 24.3 Å². The quantitative estimate of drug-likeness (QED) is 0.588. The first-order chi connectivity index (χ1) is 12.9. The zero-order chi connectivity index (χ0) is 19.4. The summed E-state index contributed by atoms with van der Waals surface area (Å²) in [6.45, 7) is 2.85. The third kappa shape index (κ3) is 4.41. The monoisotopic (exact) mass is 363 g/mol. The summed E-state index contributed by atoms with van der Waals surface area (Å²) >= 11 is 0. The summed E-state index contributed by atoms with van der Waals surface area (Å²) in [6, 6.07) is 13.8. The van der Waals surface area contributed by atoms with E-state index in [4.69, 9.17) is 0 Å². The van der Waals surface area contributed by atoms with Crippen molar-refractivity contribution in [2.75, 3.05) is 5.32 Å². The molecule has 0 aliphatic rings. The number of ketones is 1. The van der Waals surface area contributed by atoms with Crippen molar-refractivity contribution in [3.8, 4) is 0 Å². The fourth-order valence-electron chi connectivity index (χ4n) is 3.02. The topological polar surface area (TPSA) is 91.1 Å². The lowest BCUT2D eigenvalue weighted by Crippen LogP contribution is -2.44. The summed E-state index contributed by atoms with van der Waals surface area (Å²) in [7, 11) is 0. The van der Waals surface area contributed by atoms with Crippen LogP contribution in [0.15, 0.2) is 54.7 Å². The molecular formula is C21H21N3O3. The fourth-order valence-corrected chi connectivity index (χ4v) is 3.02. The maximum absolute atomic E-state index is 12.8. The average molecular weight is 363 g/mol. The number of aromatic nitrogens is 1. The molecule has 0 radical (unpaired) electrons. The Labute approximate surface area is 157 Å². The molecule has 2 amide bonds. The van der Waals surface area contributed by atoms with E-state index < -0.39 is 6.04 Å². The van der Waals surface area contributed by atoms with Gasteiger partial charge in [-0.3, -0.25) is 14.4 Å². The van der Waals surface area contributed by atoms with Crippen LogP contribution in [0, 0.1) is 0 Å². The standard InChI is InChI=1S/C21H21N3O3/c1-13(25)15-6-5-7-17(10-15)24-21(27)20(23-14(2)26)11-16-12-22-19-9-4-3-8-18(16)19/h3-10,12,20,22H,11H2,1-2H3,(H,23,26)(H,24,27). The van der Waals surface area contributed by atoms with E-state index in [1.165, 1.54) is 13.8 Å². The molecule has 0 aliphatic carbocycles. The number of Topliss-reactive ketones (excluding diaryl/α,β-unsaturated/α-hetero) is 1. The lowest BCUT2D eigenvalue weighted by atomic mass is 10.0. The highest BCUT2D eigenvalue weighted by Crippen LogP contribution is 2.20. The minimum absolute atomic E-state index is 0.0803. The minimum Gasteiger partial charge on any atom is -0.361 e. The normalized spacial score (nSPS) is 11.8. The van der Waals surface area contributed by atoms with E-state index >= 15 is 0 Å². The predicted molar refractivity (Wildman–Crippen MR) is 105 cm³/mol. The van der Waals surface area contributed by atoms with Gasteiger partial charge in [0.25, 0.3) is 0 Å². The highest BCUT2D eigenvalue weighted by molar-refractivity contribution is 6.00. The van der Waals surface area contributed by atoms with Crippen LogP contribution in [0.1, 0.15) is 29.8 Å². The molecule has 27 heavy (non-hydrogen) atoms. The summed E-state index contributed by atoms with van der Waals surface area (Å²) in [5.41, 5.74) is 2.95. The molecule has 0 saturated heterocycles. The largest absolute Gasteiger partial charge is 0.361 e. The average Bonchev–Trinajstić information content (AvgIpc) is 3.04. The Bertz CT molecular complexity index is 1010. The van der Waals surface area contributed by atoms with Crippen LogP contribution in [0.2, 0.25) is 0 Å². The molecule has 0 fully saturated rings. The molecule has 3 aromatic rings. The molecule has 3 N–H and O–H groups in total. The molecule has 2 aromatic carbocycles. The smallest absolute Gasteiger partial charge is 0.247 e. The molecule has 138 valence electrons. The summed E-state index contributed by atoms with van der Waals surface area (Å²) in [5.74, 6) is -0.702. The van der Waals surface area contributed by atoms with E-state index in [0.29, 0.717) is 17.7 Å². The lowest BCUT2D eigenvalue weighted by molar-refractivity contribution is -0.125. The Hall–Kier alpha value is -3.41. The van der Waals surface area contributed by atoms with Gasteiger partial charge in [0.2, 0.25) is 11.8 Å². The maximum atomic E-state index is 12.8. The zero-order valence-corrected chi connectivity index (χ0v) is 15.2. The summed E-state index contributed by atoms with van der Waals surface area (Å²) < 4.78 is 0. The van der Waals surface area contributed by atoms with Gasteiger partial charge < -0.3 is 15.6 Å². The van der Waals surface area contributed by atoms with Gasteiger partial charge in [0, 0.05) is 41.7 Å². The lowest BCUT2D eigenvalue weighted by Gasteiger charge is -2.17. The second-order valence-corrected chi connectivity index (χ2v) is 6.44. The molecular weight excluding hydrogens is 342 g/mol. The van der Waals surface area contributed by atoms with Crippen molar-refractivity contribution in [2.45, 2.75) is 26.3 Å². The van der Waals surface area contributed by atoms with Crippen LogP contribution in [0.25, 0.3) is 10.9 Å². The fraction of sp³-hybridized carbons (Fsp3) is 0.190. The van der Waals surface area contributed by atoms with Gasteiger partial charge in [-0.2, -0.15) is 0 Å². The molecule has 3 rings (SSSR count). The Morgan fingerprint density at radius 3 is 2.56 bits per heavy atom. The van der Waals surface area contributed by atoms with E-state index in [2.05, 4.69) is 15.6 Å². The number of H-pyrrole nitrogens is 1. The summed E-state index contributed by atoms with van der Waals surface area (Å²) in [5, 5.41) is 6.51.